The van der Waals surface area contributed by atoms with Crippen LogP contribution in [0.4, 0.5) is 5.82 Å². The summed E-state index contributed by atoms with van der Waals surface area (Å²) in [6, 6.07) is 0. The molecule has 1 aliphatic heterocycles. The van der Waals surface area contributed by atoms with E-state index in [4.69, 9.17) is 0 Å². The standard InChI is InChI=1S/C12H18N4OS/c1-3-15-4-6-16(7-5-15)11-10(9-17)8-13-12(14-11)18-2/h8-9H,3-7H2,1-2H3. The van der Waals surface area contributed by atoms with Gasteiger partial charge in [-0.1, -0.05) is 18.7 Å². The highest BCUT2D eigenvalue weighted by Crippen LogP contribution is 2.20. The lowest BCUT2D eigenvalue weighted by Crippen LogP contribution is -2.46. The molecule has 1 saturated heterocycles. The Hall–Kier alpha value is -1.14. The van der Waals surface area contributed by atoms with Crippen molar-refractivity contribution in [3.8, 4) is 0 Å². The third-order valence-electron chi connectivity index (χ3n) is 3.20. The predicted molar refractivity (Wildman–Crippen MR) is 73.5 cm³/mol. The first-order valence-corrected chi connectivity index (χ1v) is 7.34. The molecule has 0 aliphatic carbocycles. The molecular formula is C12H18N4OS. The van der Waals surface area contributed by atoms with Gasteiger partial charge in [0, 0.05) is 32.4 Å². The molecule has 0 bridgehead atoms. The molecule has 2 rings (SSSR count). The fraction of sp³-hybridized carbons (Fsp3) is 0.583. The maximum Gasteiger partial charge on any atom is 0.189 e. The maximum absolute atomic E-state index is 11.1. The van der Waals surface area contributed by atoms with E-state index in [0.717, 1.165) is 44.8 Å². The van der Waals surface area contributed by atoms with Gasteiger partial charge < -0.3 is 9.80 Å². The number of nitrogens with zero attached hydrogens (tertiary/aromatic N) is 4. The molecule has 18 heavy (non-hydrogen) atoms. The first-order valence-electron chi connectivity index (χ1n) is 6.12. The average Bonchev–Trinajstić information content (AvgIpc) is 2.46. The maximum atomic E-state index is 11.1. The molecule has 1 aromatic rings. The van der Waals surface area contributed by atoms with E-state index < -0.39 is 0 Å². The number of likely N-dealkylation sites (N-methyl/N-ethyl adjacent to an activating group) is 1. The van der Waals surface area contributed by atoms with Crippen LogP contribution in [0, 0.1) is 0 Å². The summed E-state index contributed by atoms with van der Waals surface area (Å²) in [6.07, 6.45) is 4.40. The minimum absolute atomic E-state index is 0.581. The van der Waals surface area contributed by atoms with E-state index in [1.54, 1.807) is 6.20 Å². The zero-order valence-corrected chi connectivity index (χ0v) is 11.6. The number of thioether (sulfide) groups is 1. The molecule has 1 aliphatic rings. The summed E-state index contributed by atoms with van der Waals surface area (Å²) in [6.45, 7) is 7.12. The van der Waals surface area contributed by atoms with Crippen molar-refractivity contribution < 1.29 is 4.79 Å². The van der Waals surface area contributed by atoms with Gasteiger partial charge in [-0.3, -0.25) is 4.79 Å². The van der Waals surface area contributed by atoms with E-state index in [1.807, 2.05) is 6.26 Å². The Kier molecular flexibility index (Phi) is 4.54. The van der Waals surface area contributed by atoms with Crippen molar-refractivity contribution in [3.05, 3.63) is 11.8 Å². The van der Waals surface area contributed by atoms with Crippen LogP contribution in [0.1, 0.15) is 17.3 Å². The minimum Gasteiger partial charge on any atom is -0.353 e. The number of hydrogen-bond donors (Lipinski definition) is 0. The molecule has 98 valence electrons. The van der Waals surface area contributed by atoms with Gasteiger partial charge in [0.25, 0.3) is 0 Å². The van der Waals surface area contributed by atoms with Crippen molar-refractivity contribution in [2.24, 2.45) is 0 Å². The van der Waals surface area contributed by atoms with Crippen LogP contribution in [0.25, 0.3) is 0 Å². The lowest BCUT2D eigenvalue weighted by atomic mass is 10.2. The molecule has 0 N–H and O–H groups in total. The Balaban J connectivity index is 2.19. The Morgan fingerprint density at radius 2 is 2.11 bits per heavy atom. The highest BCUT2D eigenvalue weighted by molar-refractivity contribution is 7.98. The lowest BCUT2D eigenvalue weighted by Gasteiger charge is -2.35. The molecule has 2 heterocycles. The molecule has 0 spiro atoms. The second-order valence-corrected chi connectivity index (χ2v) is 4.95. The number of rotatable bonds is 4. The van der Waals surface area contributed by atoms with Crippen molar-refractivity contribution in [1.29, 1.82) is 0 Å². The van der Waals surface area contributed by atoms with Crippen molar-refractivity contribution in [1.82, 2.24) is 14.9 Å². The third-order valence-corrected chi connectivity index (χ3v) is 3.76. The molecule has 0 saturated carbocycles. The normalized spacial score (nSPS) is 16.9. The van der Waals surface area contributed by atoms with Crippen molar-refractivity contribution in [2.75, 3.05) is 43.9 Å². The smallest absolute Gasteiger partial charge is 0.189 e. The van der Waals surface area contributed by atoms with Gasteiger partial charge in [0.05, 0.1) is 5.56 Å². The first kappa shape index (κ1) is 13.3. The Morgan fingerprint density at radius 1 is 1.39 bits per heavy atom. The average molecular weight is 266 g/mol. The van der Waals surface area contributed by atoms with Gasteiger partial charge in [0.1, 0.15) is 5.82 Å². The SMILES string of the molecule is CCN1CCN(c2nc(SC)ncc2C=O)CC1. The van der Waals surface area contributed by atoms with Crippen LogP contribution in [0.3, 0.4) is 0 Å². The van der Waals surface area contributed by atoms with Crippen LogP contribution in [0.15, 0.2) is 11.4 Å². The number of piperazine rings is 1. The summed E-state index contributed by atoms with van der Waals surface area (Å²) in [5, 5.41) is 0.716. The van der Waals surface area contributed by atoms with Gasteiger partial charge in [0.15, 0.2) is 11.4 Å². The summed E-state index contributed by atoms with van der Waals surface area (Å²) in [5.74, 6) is 0.778. The largest absolute Gasteiger partial charge is 0.353 e. The lowest BCUT2D eigenvalue weighted by molar-refractivity contribution is 0.112. The van der Waals surface area contributed by atoms with Gasteiger partial charge in [-0.15, -0.1) is 0 Å². The number of hydrogen-bond acceptors (Lipinski definition) is 6. The minimum atomic E-state index is 0.581. The van der Waals surface area contributed by atoms with Crippen LogP contribution in [-0.4, -0.2) is 60.1 Å². The van der Waals surface area contributed by atoms with Gasteiger partial charge in [-0.05, 0) is 12.8 Å². The molecule has 0 unspecified atom stereocenters. The monoisotopic (exact) mass is 266 g/mol. The zero-order chi connectivity index (χ0) is 13.0. The van der Waals surface area contributed by atoms with Crippen LogP contribution in [0.5, 0.6) is 0 Å². The number of carbonyl (C=O) groups excluding carboxylic acids is 1. The Morgan fingerprint density at radius 3 is 2.67 bits per heavy atom. The summed E-state index contributed by atoms with van der Waals surface area (Å²) in [5.41, 5.74) is 0.581. The van der Waals surface area contributed by atoms with E-state index in [1.165, 1.54) is 11.8 Å². The first-order chi connectivity index (χ1) is 8.78. The third kappa shape index (κ3) is 2.81. The number of anilines is 1. The van der Waals surface area contributed by atoms with Crippen LogP contribution >= 0.6 is 11.8 Å². The predicted octanol–water partition coefficient (Wildman–Crippen LogP) is 1.15. The molecule has 1 fully saturated rings. The van der Waals surface area contributed by atoms with Gasteiger partial charge in [-0.2, -0.15) is 0 Å². The van der Waals surface area contributed by atoms with E-state index >= 15 is 0 Å². The molecular weight excluding hydrogens is 248 g/mol. The molecule has 0 aromatic carbocycles. The molecule has 1 aromatic heterocycles. The quantitative estimate of drug-likeness (QED) is 0.463. The molecule has 6 heteroatoms. The fourth-order valence-electron chi connectivity index (χ4n) is 2.08. The van der Waals surface area contributed by atoms with Gasteiger partial charge in [-0.25, -0.2) is 9.97 Å². The summed E-state index contributed by atoms with van der Waals surface area (Å²) in [7, 11) is 0. The summed E-state index contributed by atoms with van der Waals surface area (Å²) in [4.78, 5) is 24.2. The van der Waals surface area contributed by atoms with Crippen LogP contribution < -0.4 is 4.90 Å². The molecule has 0 amide bonds. The second kappa shape index (κ2) is 6.15. The van der Waals surface area contributed by atoms with E-state index in [2.05, 4.69) is 26.7 Å². The van der Waals surface area contributed by atoms with E-state index in [0.29, 0.717) is 10.7 Å². The van der Waals surface area contributed by atoms with Crippen LogP contribution in [0.2, 0.25) is 0 Å². The van der Waals surface area contributed by atoms with E-state index in [9.17, 15) is 4.79 Å². The molecule has 0 radical (unpaired) electrons. The molecule has 0 atom stereocenters. The molecule has 5 nitrogen and oxygen atoms in total. The summed E-state index contributed by atoms with van der Waals surface area (Å²) >= 11 is 1.50. The number of aromatic nitrogens is 2. The second-order valence-electron chi connectivity index (χ2n) is 4.17. The fourth-order valence-corrected chi connectivity index (χ4v) is 2.41. The van der Waals surface area contributed by atoms with Crippen molar-refractivity contribution in [3.63, 3.8) is 0 Å². The highest BCUT2D eigenvalue weighted by Gasteiger charge is 2.19. The zero-order valence-electron chi connectivity index (χ0n) is 10.8. The summed E-state index contributed by atoms with van der Waals surface area (Å²) < 4.78 is 0. The number of carbonyl (C=O) groups is 1. The Bertz CT molecular complexity index is 419. The Labute approximate surface area is 112 Å². The van der Waals surface area contributed by atoms with Gasteiger partial charge in [0.2, 0.25) is 0 Å². The van der Waals surface area contributed by atoms with Crippen molar-refractivity contribution >= 4 is 23.9 Å². The topological polar surface area (TPSA) is 49.3 Å². The van der Waals surface area contributed by atoms with Crippen molar-refractivity contribution in [2.45, 2.75) is 12.1 Å². The van der Waals surface area contributed by atoms with Crippen LogP contribution in [-0.2, 0) is 0 Å². The highest BCUT2D eigenvalue weighted by atomic mass is 32.2. The van der Waals surface area contributed by atoms with E-state index in [-0.39, 0.29) is 0 Å². The number of aldehydes is 1. The van der Waals surface area contributed by atoms with Gasteiger partial charge >= 0.3 is 0 Å².